The average molecular weight is 519 g/mol. The molecule has 1 aromatic carbocycles. The highest BCUT2D eigenvalue weighted by Gasteiger charge is 2.26. The highest BCUT2D eigenvalue weighted by molar-refractivity contribution is 5.80. The van der Waals surface area contributed by atoms with Gasteiger partial charge in [-0.3, -0.25) is 13.9 Å². The third kappa shape index (κ3) is 4.63. The summed E-state index contributed by atoms with van der Waals surface area (Å²) in [5, 5.41) is 10.5. The Bertz CT molecular complexity index is 1650. The number of aromatic nitrogens is 6. The lowest BCUT2D eigenvalue weighted by molar-refractivity contribution is 0.330. The summed E-state index contributed by atoms with van der Waals surface area (Å²) in [5.41, 5.74) is 8.37. The van der Waals surface area contributed by atoms with E-state index < -0.39 is 11.2 Å². The molecule has 5 rings (SSSR count). The molecule has 0 unspecified atom stereocenters. The number of aliphatic hydroxyl groups excluding tert-OH is 1. The Morgan fingerprint density at radius 1 is 1.18 bits per heavy atom. The van der Waals surface area contributed by atoms with Crippen LogP contribution in [0.4, 0.5) is 5.95 Å². The second-order valence-electron chi connectivity index (χ2n) is 9.94. The molecule has 1 aliphatic heterocycles. The minimum atomic E-state index is -0.481. The van der Waals surface area contributed by atoms with Gasteiger partial charge in [0.15, 0.2) is 11.2 Å². The van der Waals surface area contributed by atoms with Crippen molar-refractivity contribution >= 4 is 28.0 Å². The van der Waals surface area contributed by atoms with Crippen LogP contribution in [0.3, 0.4) is 0 Å². The van der Waals surface area contributed by atoms with Crippen LogP contribution in [0.5, 0.6) is 0 Å². The summed E-state index contributed by atoms with van der Waals surface area (Å²) in [6.07, 6.45) is 4.41. The number of hydrogen-bond acceptors (Lipinski definition) is 8. The van der Waals surface area contributed by atoms with Crippen LogP contribution in [-0.2, 0) is 26.6 Å². The zero-order valence-corrected chi connectivity index (χ0v) is 22.1. The van der Waals surface area contributed by atoms with Crippen LogP contribution in [0.25, 0.3) is 22.1 Å². The van der Waals surface area contributed by atoms with E-state index in [1.165, 1.54) is 9.13 Å². The fourth-order valence-corrected chi connectivity index (χ4v) is 5.09. The molecule has 3 aromatic heterocycles. The number of anilines is 1. The molecule has 11 heteroatoms. The Kier molecular flexibility index (Phi) is 7.13. The second kappa shape index (κ2) is 10.5. The monoisotopic (exact) mass is 518 g/mol. The number of para-hydroxylation sites is 1. The number of aliphatic hydroxyl groups is 1. The van der Waals surface area contributed by atoms with Gasteiger partial charge in [0, 0.05) is 38.1 Å². The standard InChI is InChI=1S/C27H34N8O3/c1-4-20-19-9-5-6-10-21(19)30-22(29-20)15-35-25(37)23-24(32(3)27(35)38)31-26(33-12-7-8-18(28)14-33)34(23)13-11-17(2)16-36/h5-6,9-11,18,36H,4,7-8,12-16,28H2,1-3H3/b17-11+/t18-/m1/s1. The number of aryl methyl sites for hydroxylation is 2. The van der Waals surface area contributed by atoms with Gasteiger partial charge >= 0.3 is 5.69 Å². The van der Waals surface area contributed by atoms with Gasteiger partial charge in [-0.15, -0.1) is 0 Å². The molecule has 0 radical (unpaired) electrons. The number of piperidine rings is 1. The van der Waals surface area contributed by atoms with E-state index in [1.807, 2.05) is 48.8 Å². The summed E-state index contributed by atoms with van der Waals surface area (Å²) >= 11 is 0. The number of hydrogen-bond donors (Lipinski definition) is 2. The minimum Gasteiger partial charge on any atom is -0.392 e. The molecule has 4 heterocycles. The van der Waals surface area contributed by atoms with Gasteiger partial charge in [-0.1, -0.05) is 36.8 Å². The van der Waals surface area contributed by atoms with Crippen LogP contribution in [-0.4, -0.2) is 59.5 Å². The van der Waals surface area contributed by atoms with Crippen LogP contribution >= 0.6 is 0 Å². The van der Waals surface area contributed by atoms with Crippen LogP contribution in [0.15, 0.2) is 45.5 Å². The van der Waals surface area contributed by atoms with Crippen LogP contribution < -0.4 is 21.9 Å². The highest BCUT2D eigenvalue weighted by Crippen LogP contribution is 2.23. The fourth-order valence-electron chi connectivity index (χ4n) is 5.09. The molecule has 38 heavy (non-hydrogen) atoms. The Morgan fingerprint density at radius 3 is 2.71 bits per heavy atom. The molecule has 11 nitrogen and oxygen atoms in total. The van der Waals surface area contributed by atoms with E-state index in [4.69, 9.17) is 10.7 Å². The molecule has 0 amide bonds. The summed E-state index contributed by atoms with van der Waals surface area (Å²) in [6.45, 7) is 5.39. The topological polar surface area (TPSA) is 137 Å². The van der Waals surface area contributed by atoms with Crippen molar-refractivity contribution in [2.75, 3.05) is 24.6 Å². The van der Waals surface area contributed by atoms with Gasteiger partial charge in [0.1, 0.15) is 5.82 Å². The molecule has 0 saturated carbocycles. The van der Waals surface area contributed by atoms with Gasteiger partial charge in [-0.25, -0.2) is 14.8 Å². The number of rotatable bonds is 7. The van der Waals surface area contributed by atoms with Crippen molar-refractivity contribution < 1.29 is 5.11 Å². The Labute approximate surface area is 219 Å². The number of nitrogens with two attached hydrogens (primary N) is 1. The first-order chi connectivity index (χ1) is 18.3. The van der Waals surface area contributed by atoms with Gasteiger partial charge in [-0.2, -0.15) is 4.98 Å². The predicted molar refractivity (Wildman–Crippen MR) is 148 cm³/mol. The summed E-state index contributed by atoms with van der Waals surface area (Å²) in [5.74, 6) is 1.00. The first kappa shape index (κ1) is 25.8. The molecule has 1 saturated heterocycles. The molecular formula is C27H34N8O3. The van der Waals surface area contributed by atoms with E-state index >= 15 is 0 Å². The molecule has 200 valence electrons. The summed E-state index contributed by atoms with van der Waals surface area (Å²) in [4.78, 5) is 43.6. The number of fused-ring (bicyclic) bond motifs is 2. The van der Waals surface area contributed by atoms with Crippen LogP contribution in [0.2, 0.25) is 0 Å². The molecule has 0 aliphatic carbocycles. The fraction of sp³-hybridized carbons (Fsp3) is 0.444. The molecule has 3 N–H and O–H groups in total. The van der Waals surface area contributed by atoms with E-state index in [9.17, 15) is 14.7 Å². The molecule has 0 spiro atoms. The predicted octanol–water partition coefficient (Wildman–Crippen LogP) is 1.32. The van der Waals surface area contributed by atoms with E-state index in [-0.39, 0.29) is 19.2 Å². The minimum absolute atomic E-state index is 0.00465. The average Bonchev–Trinajstić information content (AvgIpc) is 3.32. The van der Waals surface area contributed by atoms with E-state index in [0.717, 1.165) is 41.6 Å². The molecule has 0 bridgehead atoms. The van der Waals surface area contributed by atoms with Gasteiger partial charge in [0.25, 0.3) is 5.56 Å². The van der Waals surface area contributed by atoms with Gasteiger partial charge in [-0.05, 0) is 32.3 Å². The Balaban J connectivity index is 1.69. The quantitative estimate of drug-likeness (QED) is 0.350. The number of nitrogens with zero attached hydrogens (tertiary/aromatic N) is 7. The van der Waals surface area contributed by atoms with Crippen molar-refractivity contribution in [2.45, 2.75) is 52.2 Å². The third-order valence-corrected chi connectivity index (χ3v) is 7.19. The number of imidazole rings is 1. The lowest BCUT2D eigenvalue weighted by atomic mass is 10.1. The lowest BCUT2D eigenvalue weighted by Crippen LogP contribution is -2.44. The maximum absolute atomic E-state index is 13.9. The van der Waals surface area contributed by atoms with Crippen LogP contribution in [0, 0.1) is 0 Å². The maximum atomic E-state index is 13.9. The second-order valence-corrected chi connectivity index (χ2v) is 9.94. The van der Waals surface area contributed by atoms with Crippen molar-refractivity contribution in [1.82, 2.24) is 28.7 Å². The number of benzene rings is 1. The van der Waals surface area contributed by atoms with Crippen molar-refractivity contribution in [3.63, 3.8) is 0 Å². The third-order valence-electron chi connectivity index (χ3n) is 7.19. The summed E-state index contributed by atoms with van der Waals surface area (Å²) < 4.78 is 4.41. The molecule has 1 atom stereocenters. The van der Waals surface area contributed by atoms with E-state index in [1.54, 1.807) is 7.05 Å². The van der Waals surface area contributed by atoms with E-state index in [0.29, 0.717) is 42.4 Å². The highest BCUT2D eigenvalue weighted by atomic mass is 16.3. The molecule has 1 fully saturated rings. The maximum Gasteiger partial charge on any atom is 0.332 e. The molecule has 1 aliphatic rings. The largest absolute Gasteiger partial charge is 0.392 e. The van der Waals surface area contributed by atoms with Crippen molar-refractivity contribution in [2.24, 2.45) is 12.8 Å². The smallest absolute Gasteiger partial charge is 0.332 e. The van der Waals surface area contributed by atoms with Gasteiger partial charge in [0.05, 0.1) is 24.4 Å². The van der Waals surface area contributed by atoms with Gasteiger partial charge in [0.2, 0.25) is 5.95 Å². The lowest BCUT2D eigenvalue weighted by Gasteiger charge is -2.31. The zero-order valence-electron chi connectivity index (χ0n) is 22.1. The zero-order chi connectivity index (χ0) is 27.0. The first-order valence-electron chi connectivity index (χ1n) is 13.0. The molecular weight excluding hydrogens is 484 g/mol. The summed E-state index contributed by atoms with van der Waals surface area (Å²) in [7, 11) is 1.62. The van der Waals surface area contributed by atoms with Crippen molar-refractivity contribution in [3.8, 4) is 0 Å². The molecule has 4 aromatic rings. The van der Waals surface area contributed by atoms with Crippen molar-refractivity contribution in [1.29, 1.82) is 0 Å². The Morgan fingerprint density at radius 2 is 1.97 bits per heavy atom. The first-order valence-corrected chi connectivity index (χ1v) is 13.0. The summed E-state index contributed by atoms with van der Waals surface area (Å²) in [6, 6.07) is 7.74. The normalized spacial score (nSPS) is 16.6. The van der Waals surface area contributed by atoms with Crippen molar-refractivity contribution in [3.05, 3.63) is 68.3 Å². The number of allylic oxidation sites excluding steroid dienone is 1. The SMILES string of the molecule is CCc1nc(Cn2c(=O)c3c(nc(N4CCC[C@@H](N)C4)n3C/C=C(\C)CO)n(C)c2=O)nc2ccccc12. The Hall–Kier alpha value is -3.83. The van der Waals surface area contributed by atoms with E-state index in [2.05, 4.69) is 14.9 Å². The van der Waals surface area contributed by atoms with Gasteiger partial charge < -0.3 is 20.3 Å². The van der Waals surface area contributed by atoms with Crippen LogP contribution in [0.1, 0.15) is 38.2 Å².